The monoisotopic (exact) mass is 203 g/mol. The van der Waals surface area contributed by atoms with E-state index in [-0.39, 0.29) is 6.42 Å². The Morgan fingerprint density at radius 1 is 1.50 bits per heavy atom. The van der Waals surface area contributed by atoms with Gasteiger partial charge in [-0.1, -0.05) is 13.3 Å². The summed E-state index contributed by atoms with van der Waals surface area (Å²) in [6.07, 6.45) is 1.66. The quantitative estimate of drug-likeness (QED) is 0.462. The molecule has 0 amide bonds. The van der Waals surface area contributed by atoms with Crippen LogP contribution in [-0.2, 0) is 14.3 Å². The molecule has 82 valence electrons. The maximum absolute atomic E-state index is 11.1. The van der Waals surface area contributed by atoms with Gasteiger partial charge in [-0.3, -0.25) is 9.59 Å². The van der Waals surface area contributed by atoms with Crippen molar-refractivity contribution in [3.8, 4) is 0 Å². The number of nitrogens with one attached hydrogen (secondary N) is 1. The number of methoxy groups -OCH3 is 1. The van der Waals surface area contributed by atoms with E-state index in [4.69, 9.17) is 5.11 Å². The van der Waals surface area contributed by atoms with Gasteiger partial charge in [0.25, 0.3) is 0 Å². The Labute approximate surface area is 83.4 Å². The number of carboxylic acid groups (broad SMARTS) is 1. The maximum atomic E-state index is 11.1. The zero-order valence-corrected chi connectivity index (χ0v) is 8.58. The summed E-state index contributed by atoms with van der Waals surface area (Å²) in [5.41, 5.74) is 0. The minimum absolute atomic E-state index is 0.240. The van der Waals surface area contributed by atoms with Gasteiger partial charge in [0.1, 0.15) is 6.04 Å². The van der Waals surface area contributed by atoms with Gasteiger partial charge in [-0.2, -0.15) is 0 Å². The highest BCUT2D eigenvalue weighted by molar-refractivity contribution is 5.81. The van der Waals surface area contributed by atoms with E-state index in [1.807, 2.05) is 6.92 Å². The average molecular weight is 203 g/mol. The zero-order valence-electron chi connectivity index (χ0n) is 8.58. The van der Waals surface area contributed by atoms with E-state index in [0.717, 1.165) is 12.8 Å². The summed E-state index contributed by atoms with van der Waals surface area (Å²) in [4.78, 5) is 21.5. The molecular formula is C9H17NO4. The molecule has 5 heteroatoms. The number of carboxylic acids is 1. The predicted molar refractivity (Wildman–Crippen MR) is 51.0 cm³/mol. The molecule has 0 rings (SSSR count). The van der Waals surface area contributed by atoms with Crippen molar-refractivity contribution in [2.24, 2.45) is 0 Å². The summed E-state index contributed by atoms with van der Waals surface area (Å²) in [5, 5.41) is 11.4. The summed E-state index contributed by atoms with van der Waals surface area (Å²) >= 11 is 0. The number of ether oxygens (including phenoxy) is 1. The van der Waals surface area contributed by atoms with E-state index in [1.54, 1.807) is 0 Å². The Hall–Kier alpha value is -1.10. The van der Waals surface area contributed by atoms with Crippen LogP contribution in [0.25, 0.3) is 0 Å². The topological polar surface area (TPSA) is 75.6 Å². The lowest BCUT2D eigenvalue weighted by atomic mass is 10.2. The SMILES string of the molecule is CCCCN[C@@H](CC(=O)O)C(=O)OC. The normalized spacial score (nSPS) is 12.1. The minimum Gasteiger partial charge on any atom is -0.481 e. The fourth-order valence-corrected chi connectivity index (χ4v) is 1.01. The van der Waals surface area contributed by atoms with E-state index in [2.05, 4.69) is 10.1 Å². The number of hydrogen-bond donors (Lipinski definition) is 2. The van der Waals surface area contributed by atoms with Gasteiger partial charge in [0, 0.05) is 0 Å². The summed E-state index contributed by atoms with van der Waals surface area (Å²) in [6.45, 7) is 2.65. The average Bonchev–Trinajstić information content (AvgIpc) is 2.15. The Morgan fingerprint density at radius 2 is 2.14 bits per heavy atom. The highest BCUT2D eigenvalue weighted by Gasteiger charge is 2.21. The molecule has 0 aromatic heterocycles. The van der Waals surface area contributed by atoms with Crippen molar-refractivity contribution in [1.82, 2.24) is 5.32 Å². The lowest BCUT2D eigenvalue weighted by Gasteiger charge is -2.13. The van der Waals surface area contributed by atoms with Crippen LogP contribution in [0, 0.1) is 0 Å². The molecule has 1 atom stereocenters. The van der Waals surface area contributed by atoms with E-state index < -0.39 is 18.0 Å². The molecular weight excluding hydrogens is 186 g/mol. The molecule has 14 heavy (non-hydrogen) atoms. The number of hydrogen-bond acceptors (Lipinski definition) is 4. The Balaban J connectivity index is 3.97. The lowest BCUT2D eigenvalue weighted by molar-refractivity contribution is -0.148. The number of carbonyl (C=O) groups is 2. The molecule has 2 N–H and O–H groups in total. The van der Waals surface area contributed by atoms with Gasteiger partial charge in [-0.05, 0) is 13.0 Å². The number of unbranched alkanes of at least 4 members (excludes halogenated alkanes) is 1. The van der Waals surface area contributed by atoms with Crippen LogP contribution in [0.4, 0.5) is 0 Å². The van der Waals surface area contributed by atoms with E-state index in [1.165, 1.54) is 7.11 Å². The van der Waals surface area contributed by atoms with Crippen LogP contribution in [0.5, 0.6) is 0 Å². The van der Waals surface area contributed by atoms with Crippen molar-refractivity contribution in [3.05, 3.63) is 0 Å². The fourth-order valence-electron chi connectivity index (χ4n) is 1.01. The van der Waals surface area contributed by atoms with Gasteiger partial charge in [0.2, 0.25) is 0 Å². The third-order valence-electron chi connectivity index (χ3n) is 1.79. The van der Waals surface area contributed by atoms with Crippen LogP contribution >= 0.6 is 0 Å². The van der Waals surface area contributed by atoms with Crippen LogP contribution in [0.3, 0.4) is 0 Å². The highest BCUT2D eigenvalue weighted by Crippen LogP contribution is 1.96. The molecule has 0 heterocycles. The van der Waals surface area contributed by atoms with Crippen molar-refractivity contribution in [2.75, 3.05) is 13.7 Å². The number of aliphatic carboxylic acids is 1. The molecule has 0 aliphatic heterocycles. The number of rotatable bonds is 7. The first kappa shape index (κ1) is 12.9. The molecule has 5 nitrogen and oxygen atoms in total. The Kier molecular flexibility index (Phi) is 6.74. The van der Waals surface area contributed by atoms with Crippen LogP contribution in [-0.4, -0.2) is 36.7 Å². The number of esters is 1. The van der Waals surface area contributed by atoms with Crippen LogP contribution in [0.2, 0.25) is 0 Å². The van der Waals surface area contributed by atoms with E-state index >= 15 is 0 Å². The standard InChI is InChI=1S/C9H17NO4/c1-3-4-5-10-7(6-8(11)12)9(13)14-2/h7,10H,3-6H2,1-2H3,(H,11,12)/t7-/m0/s1. The zero-order chi connectivity index (χ0) is 11.0. The molecule has 0 aliphatic carbocycles. The molecule has 0 radical (unpaired) electrons. The first-order valence-corrected chi connectivity index (χ1v) is 4.64. The second kappa shape index (κ2) is 7.32. The van der Waals surface area contributed by atoms with Crippen molar-refractivity contribution in [3.63, 3.8) is 0 Å². The van der Waals surface area contributed by atoms with E-state index in [9.17, 15) is 9.59 Å². The summed E-state index contributed by atoms with van der Waals surface area (Å²) in [7, 11) is 1.25. The van der Waals surface area contributed by atoms with Gasteiger partial charge < -0.3 is 15.2 Å². The fraction of sp³-hybridized carbons (Fsp3) is 0.778. The first-order valence-electron chi connectivity index (χ1n) is 4.64. The van der Waals surface area contributed by atoms with Crippen molar-refractivity contribution < 1.29 is 19.4 Å². The van der Waals surface area contributed by atoms with Crippen molar-refractivity contribution in [2.45, 2.75) is 32.2 Å². The van der Waals surface area contributed by atoms with Crippen molar-refractivity contribution >= 4 is 11.9 Å². The third-order valence-corrected chi connectivity index (χ3v) is 1.79. The van der Waals surface area contributed by atoms with Gasteiger partial charge >= 0.3 is 11.9 Å². The van der Waals surface area contributed by atoms with Crippen LogP contribution < -0.4 is 5.32 Å². The second-order valence-electron chi connectivity index (χ2n) is 2.98. The summed E-state index contributed by atoms with van der Waals surface area (Å²) in [6, 6.07) is -0.732. The predicted octanol–water partition coefficient (Wildman–Crippen LogP) is 0.392. The summed E-state index contributed by atoms with van der Waals surface area (Å²) < 4.78 is 4.48. The minimum atomic E-state index is -1.01. The van der Waals surface area contributed by atoms with Gasteiger partial charge in [0.15, 0.2) is 0 Å². The molecule has 0 saturated heterocycles. The van der Waals surface area contributed by atoms with Crippen LogP contribution in [0.15, 0.2) is 0 Å². The van der Waals surface area contributed by atoms with E-state index in [0.29, 0.717) is 6.54 Å². The summed E-state index contributed by atoms with van der Waals surface area (Å²) in [5.74, 6) is -1.53. The molecule has 0 unspecified atom stereocenters. The Morgan fingerprint density at radius 3 is 2.57 bits per heavy atom. The third kappa shape index (κ3) is 5.53. The van der Waals surface area contributed by atoms with Crippen molar-refractivity contribution in [1.29, 1.82) is 0 Å². The lowest BCUT2D eigenvalue weighted by Crippen LogP contribution is -2.39. The molecule has 0 aromatic carbocycles. The smallest absolute Gasteiger partial charge is 0.323 e. The number of carbonyl (C=O) groups excluding carboxylic acids is 1. The molecule has 0 spiro atoms. The molecule has 0 fully saturated rings. The van der Waals surface area contributed by atoms with Crippen LogP contribution in [0.1, 0.15) is 26.2 Å². The maximum Gasteiger partial charge on any atom is 0.323 e. The van der Waals surface area contributed by atoms with Gasteiger partial charge in [-0.15, -0.1) is 0 Å². The molecule has 0 aromatic rings. The second-order valence-corrected chi connectivity index (χ2v) is 2.98. The molecule has 0 saturated carbocycles. The van der Waals surface area contributed by atoms with Gasteiger partial charge in [0.05, 0.1) is 13.5 Å². The Bertz CT molecular complexity index is 193. The van der Waals surface area contributed by atoms with Gasteiger partial charge in [-0.25, -0.2) is 0 Å². The first-order chi connectivity index (χ1) is 6.61. The highest BCUT2D eigenvalue weighted by atomic mass is 16.5. The largest absolute Gasteiger partial charge is 0.481 e. The molecule has 0 bridgehead atoms. The molecule has 0 aliphatic rings.